The number of amides is 1. The molecule has 128 valence electrons. The second-order valence-electron chi connectivity index (χ2n) is 4.81. The molecule has 5 nitrogen and oxygen atoms in total. The van der Waals surface area contributed by atoms with Crippen LogP contribution in [-0.4, -0.2) is 21.9 Å². The lowest BCUT2D eigenvalue weighted by molar-refractivity contribution is -0.113. The molecule has 1 amide bonds. The maximum atomic E-state index is 13.0. The van der Waals surface area contributed by atoms with Crippen molar-refractivity contribution >= 4 is 50.9 Å². The van der Waals surface area contributed by atoms with E-state index in [4.69, 9.17) is 16.0 Å². The second kappa shape index (κ2) is 7.99. The number of nitrogens with zero attached hydrogens (tertiary/aromatic N) is 2. The van der Waals surface area contributed by atoms with E-state index < -0.39 is 5.82 Å². The van der Waals surface area contributed by atoms with Gasteiger partial charge in [-0.2, -0.15) is 0 Å². The van der Waals surface area contributed by atoms with Crippen LogP contribution < -0.4 is 5.32 Å². The van der Waals surface area contributed by atoms with Crippen LogP contribution >= 0.6 is 39.3 Å². The molecule has 0 radical (unpaired) electrons. The Kier molecular flexibility index (Phi) is 5.72. The van der Waals surface area contributed by atoms with Gasteiger partial charge in [0.2, 0.25) is 11.8 Å². The summed E-state index contributed by atoms with van der Waals surface area (Å²) in [6.07, 6.45) is 0. The van der Waals surface area contributed by atoms with Crippen LogP contribution in [0.3, 0.4) is 0 Å². The van der Waals surface area contributed by atoms with Gasteiger partial charge >= 0.3 is 0 Å². The number of hydrogen-bond donors (Lipinski definition) is 1. The first-order valence-corrected chi connectivity index (χ1v) is 9.14. The third-order valence-corrected chi connectivity index (χ3v) is 4.87. The first-order chi connectivity index (χ1) is 12.0. The summed E-state index contributed by atoms with van der Waals surface area (Å²) in [7, 11) is 0. The van der Waals surface area contributed by atoms with Gasteiger partial charge in [0, 0.05) is 4.47 Å². The van der Waals surface area contributed by atoms with E-state index in [1.54, 1.807) is 0 Å². The first-order valence-electron chi connectivity index (χ1n) is 6.99. The summed E-state index contributed by atoms with van der Waals surface area (Å²) in [5.41, 5.74) is 1.11. The van der Waals surface area contributed by atoms with Crippen LogP contribution in [0.5, 0.6) is 0 Å². The number of carbonyl (C=O) groups excluding carboxylic acids is 1. The highest BCUT2D eigenvalue weighted by Crippen LogP contribution is 2.29. The fraction of sp³-hybridized carbons (Fsp3) is 0.0625. The Bertz CT molecular complexity index is 922. The molecule has 2 aromatic carbocycles. The summed E-state index contributed by atoms with van der Waals surface area (Å²) in [6, 6.07) is 11.2. The van der Waals surface area contributed by atoms with Gasteiger partial charge in [0.15, 0.2) is 0 Å². The summed E-state index contributed by atoms with van der Waals surface area (Å²) in [5, 5.41) is 10.9. The predicted molar refractivity (Wildman–Crippen MR) is 98.2 cm³/mol. The molecule has 9 heteroatoms. The molecule has 3 rings (SSSR count). The Morgan fingerprint density at radius 1 is 1.28 bits per heavy atom. The van der Waals surface area contributed by atoms with Crippen LogP contribution in [-0.2, 0) is 4.79 Å². The topological polar surface area (TPSA) is 68.0 Å². The van der Waals surface area contributed by atoms with E-state index in [1.807, 2.05) is 24.3 Å². The van der Waals surface area contributed by atoms with Gasteiger partial charge in [-0.25, -0.2) is 4.39 Å². The summed E-state index contributed by atoms with van der Waals surface area (Å²) in [6.45, 7) is 0. The number of hydrogen-bond acceptors (Lipinski definition) is 5. The standard InChI is InChI=1S/C16H10BrClFN3O2S/c17-11-4-2-1-3-10(11)15-21-22-16(24-15)25-8-14(23)20-13-6-5-9(19)7-12(13)18/h1-7H,8H2,(H,20,23). The smallest absolute Gasteiger partial charge is 0.277 e. The fourth-order valence-corrected chi connectivity index (χ4v) is 3.15. The van der Waals surface area contributed by atoms with Crippen LogP contribution in [0, 0.1) is 5.82 Å². The molecule has 0 atom stereocenters. The average Bonchev–Trinajstić information content (AvgIpc) is 3.05. The van der Waals surface area contributed by atoms with Crippen molar-refractivity contribution in [1.29, 1.82) is 0 Å². The number of aromatic nitrogens is 2. The van der Waals surface area contributed by atoms with E-state index in [2.05, 4.69) is 31.4 Å². The number of halogens is 3. The summed E-state index contributed by atoms with van der Waals surface area (Å²) in [5.74, 6) is -0.385. The number of thioether (sulfide) groups is 1. The molecule has 0 aliphatic heterocycles. The quantitative estimate of drug-likeness (QED) is 0.562. The van der Waals surface area contributed by atoms with E-state index in [0.29, 0.717) is 11.6 Å². The molecule has 0 saturated carbocycles. The van der Waals surface area contributed by atoms with Crippen LogP contribution in [0.15, 0.2) is 56.6 Å². The molecular weight excluding hydrogens is 433 g/mol. The van der Waals surface area contributed by atoms with Crippen molar-refractivity contribution in [3.05, 3.63) is 57.8 Å². The Morgan fingerprint density at radius 3 is 2.84 bits per heavy atom. The fourth-order valence-electron chi connectivity index (χ4n) is 1.92. The Hall–Kier alpha value is -1.90. The molecule has 0 spiro atoms. The lowest BCUT2D eigenvalue weighted by Crippen LogP contribution is -2.14. The minimum absolute atomic E-state index is 0.0469. The van der Waals surface area contributed by atoms with Crippen molar-refractivity contribution in [1.82, 2.24) is 10.2 Å². The average molecular weight is 443 g/mol. The minimum atomic E-state index is -0.470. The normalized spacial score (nSPS) is 10.7. The largest absolute Gasteiger partial charge is 0.411 e. The predicted octanol–water partition coefficient (Wildman–Crippen LogP) is 5.02. The molecule has 1 N–H and O–H groups in total. The molecule has 0 aliphatic rings. The van der Waals surface area contributed by atoms with Crippen molar-refractivity contribution in [3.63, 3.8) is 0 Å². The highest BCUT2D eigenvalue weighted by molar-refractivity contribution is 9.10. The number of carbonyl (C=O) groups is 1. The number of benzene rings is 2. The molecule has 0 aliphatic carbocycles. The molecule has 0 unspecified atom stereocenters. The molecule has 0 fully saturated rings. The van der Waals surface area contributed by atoms with Crippen LogP contribution in [0.2, 0.25) is 5.02 Å². The Morgan fingerprint density at radius 2 is 2.08 bits per heavy atom. The second-order valence-corrected chi connectivity index (χ2v) is 7.00. The molecule has 3 aromatic rings. The van der Waals surface area contributed by atoms with E-state index >= 15 is 0 Å². The van der Waals surface area contributed by atoms with Crippen molar-refractivity contribution in [2.24, 2.45) is 0 Å². The van der Waals surface area contributed by atoms with Gasteiger partial charge in [-0.15, -0.1) is 10.2 Å². The lowest BCUT2D eigenvalue weighted by Gasteiger charge is -2.06. The highest BCUT2D eigenvalue weighted by atomic mass is 79.9. The van der Waals surface area contributed by atoms with Crippen LogP contribution in [0.4, 0.5) is 10.1 Å². The summed E-state index contributed by atoms with van der Waals surface area (Å²) < 4.78 is 19.4. The van der Waals surface area contributed by atoms with Gasteiger partial charge in [0.1, 0.15) is 5.82 Å². The zero-order valence-corrected chi connectivity index (χ0v) is 15.7. The highest BCUT2D eigenvalue weighted by Gasteiger charge is 2.14. The minimum Gasteiger partial charge on any atom is -0.411 e. The molecule has 0 saturated heterocycles. The molecule has 1 heterocycles. The van der Waals surface area contributed by atoms with Crippen LogP contribution in [0.1, 0.15) is 0 Å². The third kappa shape index (κ3) is 4.59. The molecule has 25 heavy (non-hydrogen) atoms. The number of nitrogens with one attached hydrogen (secondary N) is 1. The maximum Gasteiger partial charge on any atom is 0.277 e. The SMILES string of the molecule is O=C(CSc1nnc(-c2ccccc2Br)o1)Nc1ccc(F)cc1Cl. The van der Waals surface area contributed by atoms with Gasteiger partial charge < -0.3 is 9.73 Å². The zero-order chi connectivity index (χ0) is 17.8. The van der Waals surface area contributed by atoms with Gasteiger partial charge in [0.25, 0.3) is 5.22 Å². The van der Waals surface area contributed by atoms with Gasteiger partial charge in [-0.05, 0) is 46.3 Å². The lowest BCUT2D eigenvalue weighted by atomic mass is 10.2. The Balaban J connectivity index is 1.60. The van der Waals surface area contributed by atoms with Gasteiger partial charge in [0.05, 0.1) is 22.0 Å². The van der Waals surface area contributed by atoms with E-state index in [0.717, 1.165) is 27.9 Å². The van der Waals surface area contributed by atoms with Crippen LogP contribution in [0.25, 0.3) is 11.5 Å². The molecular formula is C16H10BrClFN3O2S. The van der Waals surface area contributed by atoms with Crippen molar-refractivity contribution in [3.8, 4) is 11.5 Å². The van der Waals surface area contributed by atoms with E-state index in [9.17, 15) is 9.18 Å². The third-order valence-electron chi connectivity index (χ3n) is 3.04. The number of anilines is 1. The van der Waals surface area contributed by atoms with E-state index in [-0.39, 0.29) is 21.9 Å². The zero-order valence-electron chi connectivity index (χ0n) is 12.5. The monoisotopic (exact) mass is 441 g/mol. The summed E-state index contributed by atoms with van der Waals surface area (Å²) >= 11 is 10.4. The van der Waals surface area contributed by atoms with E-state index in [1.165, 1.54) is 12.1 Å². The van der Waals surface area contributed by atoms with Gasteiger partial charge in [-0.3, -0.25) is 4.79 Å². The van der Waals surface area contributed by atoms with Crippen molar-refractivity contribution < 1.29 is 13.6 Å². The van der Waals surface area contributed by atoms with Gasteiger partial charge in [-0.1, -0.05) is 35.5 Å². The first kappa shape index (κ1) is 17.9. The van der Waals surface area contributed by atoms with Crippen molar-refractivity contribution in [2.45, 2.75) is 5.22 Å². The molecule has 1 aromatic heterocycles. The summed E-state index contributed by atoms with van der Waals surface area (Å²) in [4.78, 5) is 12.0. The van der Waals surface area contributed by atoms with Crippen molar-refractivity contribution in [2.75, 3.05) is 11.1 Å². The number of rotatable bonds is 5. The molecule has 0 bridgehead atoms. The Labute approximate surface area is 160 Å². The maximum absolute atomic E-state index is 13.0.